The van der Waals surface area contributed by atoms with Gasteiger partial charge in [0.15, 0.2) is 9.84 Å². The van der Waals surface area contributed by atoms with Crippen LogP contribution in [0.15, 0.2) is 24.3 Å². The van der Waals surface area contributed by atoms with Gasteiger partial charge in [-0.15, -0.1) is 0 Å². The predicted molar refractivity (Wildman–Crippen MR) is 70.1 cm³/mol. The first-order valence-electron chi connectivity index (χ1n) is 5.69. The van der Waals surface area contributed by atoms with Gasteiger partial charge < -0.3 is 5.32 Å². The Hall–Kier alpha value is -1.07. The molecule has 0 saturated carbocycles. The Labute approximate surface area is 111 Å². The summed E-state index contributed by atoms with van der Waals surface area (Å²) >= 11 is 5.97. The van der Waals surface area contributed by atoms with E-state index in [9.17, 15) is 13.2 Å². The number of halogens is 1. The highest BCUT2D eigenvalue weighted by molar-refractivity contribution is 7.91. The Morgan fingerprint density at radius 1 is 1.39 bits per heavy atom. The molecular weight excluding hydrogens is 274 g/mol. The number of amides is 1. The summed E-state index contributed by atoms with van der Waals surface area (Å²) in [5, 5.41) is 3.33. The van der Waals surface area contributed by atoms with Crippen molar-refractivity contribution in [2.75, 3.05) is 11.5 Å². The number of nitrogens with one attached hydrogen (secondary N) is 1. The van der Waals surface area contributed by atoms with Crippen molar-refractivity contribution in [1.82, 2.24) is 5.32 Å². The van der Waals surface area contributed by atoms with Gasteiger partial charge in [-0.3, -0.25) is 4.79 Å². The topological polar surface area (TPSA) is 63.2 Å². The third-order valence-corrected chi connectivity index (χ3v) is 5.15. The predicted octanol–water partition coefficient (Wildman–Crippen LogP) is 1.39. The van der Waals surface area contributed by atoms with Crippen LogP contribution in [0.25, 0.3) is 0 Å². The molecule has 1 heterocycles. The molecule has 1 saturated heterocycles. The highest BCUT2D eigenvalue weighted by Gasteiger charge is 2.32. The van der Waals surface area contributed by atoms with Crippen LogP contribution >= 0.6 is 11.6 Å². The zero-order valence-corrected chi connectivity index (χ0v) is 11.3. The molecule has 18 heavy (non-hydrogen) atoms. The van der Waals surface area contributed by atoms with Crippen LogP contribution in [0, 0.1) is 5.92 Å². The van der Waals surface area contributed by atoms with Gasteiger partial charge in [-0.25, -0.2) is 8.42 Å². The molecule has 2 rings (SSSR count). The number of sulfone groups is 1. The maximum absolute atomic E-state index is 11.8. The highest BCUT2D eigenvalue weighted by atomic mass is 35.5. The maximum Gasteiger partial charge on any atom is 0.224 e. The Bertz CT molecular complexity index is 556. The van der Waals surface area contributed by atoms with E-state index in [2.05, 4.69) is 5.32 Å². The summed E-state index contributed by atoms with van der Waals surface area (Å²) in [6, 6.07) is 7.24. The molecule has 1 aromatic rings. The number of hydrogen-bond donors (Lipinski definition) is 1. The molecule has 0 spiro atoms. The average Bonchev–Trinajstić information content (AvgIpc) is 2.68. The molecule has 1 aromatic carbocycles. The Morgan fingerprint density at radius 2 is 2.11 bits per heavy atom. The molecule has 98 valence electrons. The molecule has 1 N–H and O–H groups in total. The fourth-order valence-corrected chi connectivity index (χ4v) is 3.91. The van der Waals surface area contributed by atoms with E-state index in [1.165, 1.54) is 0 Å². The van der Waals surface area contributed by atoms with Gasteiger partial charge in [-0.2, -0.15) is 0 Å². The summed E-state index contributed by atoms with van der Waals surface area (Å²) in [6.45, 7) is 0.328. The Morgan fingerprint density at radius 3 is 2.72 bits per heavy atom. The molecule has 0 aromatic heterocycles. The molecule has 0 unspecified atom stereocenters. The van der Waals surface area contributed by atoms with E-state index in [-0.39, 0.29) is 17.4 Å². The van der Waals surface area contributed by atoms with Crippen molar-refractivity contribution in [3.63, 3.8) is 0 Å². The lowest BCUT2D eigenvalue weighted by Crippen LogP contribution is -2.31. The second-order valence-electron chi connectivity index (χ2n) is 4.41. The zero-order chi connectivity index (χ0) is 13.2. The molecule has 1 atom stereocenters. The van der Waals surface area contributed by atoms with Crippen LogP contribution < -0.4 is 5.32 Å². The summed E-state index contributed by atoms with van der Waals surface area (Å²) in [6.07, 6.45) is 0.413. The van der Waals surface area contributed by atoms with Gasteiger partial charge in [0.25, 0.3) is 0 Å². The number of rotatable bonds is 3. The van der Waals surface area contributed by atoms with Crippen LogP contribution in [0.2, 0.25) is 5.02 Å². The summed E-state index contributed by atoms with van der Waals surface area (Å²) in [4.78, 5) is 11.8. The van der Waals surface area contributed by atoms with Crippen molar-refractivity contribution in [3.05, 3.63) is 34.9 Å². The van der Waals surface area contributed by atoms with E-state index in [4.69, 9.17) is 11.6 Å². The van der Waals surface area contributed by atoms with Gasteiger partial charge in [0.05, 0.1) is 17.4 Å². The molecule has 1 aliphatic rings. The van der Waals surface area contributed by atoms with Crippen LogP contribution in [0.4, 0.5) is 0 Å². The zero-order valence-electron chi connectivity index (χ0n) is 9.73. The standard InChI is InChI=1S/C12H14ClNO3S/c13-11-4-2-1-3-9(11)7-14-12(15)10-5-6-18(16,17)8-10/h1-4,10H,5-8H2,(H,14,15)/t10-/m0/s1. The van der Waals surface area contributed by atoms with Crippen molar-refractivity contribution in [3.8, 4) is 0 Å². The molecule has 0 radical (unpaired) electrons. The van der Waals surface area contributed by atoms with Gasteiger partial charge in [-0.05, 0) is 18.1 Å². The summed E-state index contributed by atoms with van der Waals surface area (Å²) in [7, 11) is -3.02. The second-order valence-corrected chi connectivity index (χ2v) is 7.05. The van der Waals surface area contributed by atoms with E-state index < -0.39 is 15.8 Å². The number of carbonyl (C=O) groups is 1. The lowest BCUT2D eigenvalue weighted by atomic mass is 10.1. The van der Waals surface area contributed by atoms with Crippen molar-refractivity contribution in [2.45, 2.75) is 13.0 Å². The van der Waals surface area contributed by atoms with Crippen LogP contribution in [0.3, 0.4) is 0 Å². The van der Waals surface area contributed by atoms with Crippen molar-refractivity contribution < 1.29 is 13.2 Å². The number of benzene rings is 1. The first-order chi connectivity index (χ1) is 8.48. The van der Waals surface area contributed by atoms with E-state index in [0.717, 1.165) is 5.56 Å². The molecule has 1 aliphatic heterocycles. The molecule has 0 bridgehead atoms. The molecule has 6 heteroatoms. The first kappa shape index (κ1) is 13.4. The van der Waals surface area contributed by atoms with Crippen LogP contribution in [-0.2, 0) is 21.2 Å². The monoisotopic (exact) mass is 287 g/mol. The first-order valence-corrected chi connectivity index (χ1v) is 7.89. The number of hydrogen-bond acceptors (Lipinski definition) is 3. The summed E-state index contributed by atoms with van der Waals surface area (Å²) < 4.78 is 22.5. The minimum Gasteiger partial charge on any atom is -0.352 e. The lowest BCUT2D eigenvalue weighted by Gasteiger charge is -2.10. The van der Waals surface area contributed by atoms with Gasteiger partial charge >= 0.3 is 0 Å². The van der Waals surface area contributed by atoms with Gasteiger partial charge in [0.2, 0.25) is 5.91 Å². The smallest absolute Gasteiger partial charge is 0.224 e. The normalized spacial score (nSPS) is 21.7. The van der Waals surface area contributed by atoms with Gasteiger partial charge in [0, 0.05) is 11.6 Å². The molecular formula is C12H14ClNO3S. The summed E-state index contributed by atoms with van der Waals surface area (Å²) in [5.74, 6) is -0.563. The van der Waals surface area contributed by atoms with Crippen LogP contribution in [0.5, 0.6) is 0 Å². The third-order valence-electron chi connectivity index (χ3n) is 3.01. The van der Waals surface area contributed by atoms with Crippen molar-refractivity contribution in [2.24, 2.45) is 5.92 Å². The van der Waals surface area contributed by atoms with E-state index >= 15 is 0 Å². The lowest BCUT2D eigenvalue weighted by molar-refractivity contribution is -0.124. The largest absolute Gasteiger partial charge is 0.352 e. The quantitative estimate of drug-likeness (QED) is 0.914. The van der Waals surface area contributed by atoms with Crippen molar-refractivity contribution >= 4 is 27.3 Å². The third kappa shape index (κ3) is 3.23. The van der Waals surface area contributed by atoms with Crippen LogP contribution in [-0.4, -0.2) is 25.8 Å². The van der Waals surface area contributed by atoms with E-state index in [1.54, 1.807) is 6.07 Å². The minimum absolute atomic E-state index is 0.0403. The van der Waals surface area contributed by atoms with Crippen LogP contribution in [0.1, 0.15) is 12.0 Å². The fraction of sp³-hybridized carbons (Fsp3) is 0.417. The second kappa shape index (κ2) is 5.28. The maximum atomic E-state index is 11.8. The minimum atomic E-state index is -3.02. The van der Waals surface area contributed by atoms with Crippen molar-refractivity contribution in [1.29, 1.82) is 0 Å². The Kier molecular flexibility index (Phi) is 3.92. The molecule has 1 fully saturated rings. The van der Waals surface area contributed by atoms with Gasteiger partial charge in [0.1, 0.15) is 0 Å². The molecule has 0 aliphatic carbocycles. The van der Waals surface area contributed by atoms with E-state index in [1.807, 2.05) is 18.2 Å². The molecule has 4 nitrogen and oxygen atoms in total. The SMILES string of the molecule is O=C(NCc1ccccc1Cl)[C@H]1CCS(=O)(=O)C1. The molecule has 1 amide bonds. The fourth-order valence-electron chi connectivity index (χ4n) is 1.97. The average molecular weight is 288 g/mol. The summed E-state index contributed by atoms with van der Waals surface area (Å²) in [5.41, 5.74) is 0.827. The highest BCUT2D eigenvalue weighted by Crippen LogP contribution is 2.19. The Balaban J connectivity index is 1.92. The number of carbonyl (C=O) groups excluding carboxylic acids is 1. The van der Waals surface area contributed by atoms with Gasteiger partial charge in [-0.1, -0.05) is 29.8 Å². The van der Waals surface area contributed by atoms with E-state index in [0.29, 0.717) is 18.0 Å².